The summed E-state index contributed by atoms with van der Waals surface area (Å²) in [4.78, 5) is 26.7. The number of hydrogen-bond acceptors (Lipinski definition) is 7. The Kier molecular flexibility index (Phi) is 8.34. The van der Waals surface area contributed by atoms with Crippen LogP contribution in [0.2, 0.25) is 0 Å². The predicted octanol–water partition coefficient (Wildman–Crippen LogP) is 4.45. The quantitative estimate of drug-likeness (QED) is 0.289. The predicted molar refractivity (Wildman–Crippen MR) is 152 cm³/mol. The van der Waals surface area contributed by atoms with E-state index in [1.165, 1.54) is 18.4 Å². The molecule has 2 aromatic heterocycles. The lowest BCUT2D eigenvalue weighted by molar-refractivity contribution is 0.0606. The molecule has 2 N–H and O–H groups in total. The van der Waals surface area contributed by atoms with Crippen LogP contribution in [0.15, 0.2) is 60.9 Å². The van der Waals surface area contributed by atoms with E-state index in [2.05, 4.69) is 15.1 Å². The molecule has 0 radical (unpaired) electrons. The molecule has 0 fully saturated rings. The normalized spacial score (nSPS) is 12.2. The third kappa shape index (κ3) is 6.99. The summed E-state index contributed by atoms with van der Waals surface area (Å²) in [5.41, 5.74) is 5.56. The van der Waals surface area contributed by atoms with Crippen LogP contribution in [0.3, 0.4) is 0 Å². The number of thiophene rings is 1. The number of esters is 1. The summed E-state index contributed by atoms with van der Waals surface area (Å²) >= 11 is 1.34. The van der Waals surface area contributed by atoms with E-state index in [1.54, 1.807) is 35.1 Å². The molecular formula is C28H30N4O5S2. The monoisotopic (exact) mass is 566 g/mol. The molecule has 0 bridgehead atoms. The largest absolute Gasteiger partial charge is 0.465 e. The number of methoxy groups -OCH3 is 1. The van der Waals surface area contributed by atoms with Crippen LogP contribution in [0.1, 0.15) is 49.7 Å². The molecule has 1 amide bonds. The third-order valence-corrected chi connectivity index (χ3v) is 7.99. The minimum atomic E-state index is -3.36. The van der Waals surface area contributed by atoms with Gasteiger partial charge in [0.25, 0.3) is 5.91 Å². The number of nitrogens with one attached hydrogen (secondary N) is 2. The molecule has 39 heavy (non-hydrogen) atoms. The Morgan fingerprint density at radius 1 is 1.08 bits per heavy atom. The lowest BCUT2D eigenvalue weighted by atomic mass is 9.97. The van der Waals surface area contributed by atoms with Gasteiger partial charge in [0.05, 0.1) is 25.6 Å². The van der Waals surface area contributed by atoms with Gasteiger partial charge in [0.2, 0.25) is 10.0 Å². The molecule has 0 aliphatic heterocycles. The summed E-state index contributed by atoms with van der Waals surface area (Å²) in [5, 5.41) is 7.37. The highest BCUT2D eigenvalue weighted by Gasteiger charge is 2.18. The zero-order valence-corrected chi connectivity index (χ0v) is 23.9. The number of aromatic nitrogens is 2. The Morgan fingerprint density at radius 2 is 1.82 bits per heavy atom. The highest BCUT2D eigenvalue weighted by Crippen LogP contribution is 2.34. The SMILES string of the molecule is COC(=O)c1ccc(-c2cc(-c3cnn(C)c3)cc(C(C)NC(=O)c3cc(CNS(C)(=O)=O)ccc3C)c2)s1. The Labute approximate surface area is 231 Å². The van der Waals surface area contributed by atoms with Gasteiger partial charge in [-0.05, 0) is 78.1 Å². The van der Waals surface area contributed by atoms with E-state index in [9.17, 15) is 18.0 Å². The average Bonchev–Trinajstić information content (AvgIpc) is 3.56. The van der Waals surface area contributed by atoms with Gasteiger partial charge in [-0.15, -0.1) is 11.3 Å². The van der Waals surface area contributed by atoms with Crippen LogP contribution in [0.5, 0.6) is 0 Å². The van der Waals surface area contributed by atoms with Gasteiger partial charge in [0, 0.05) is 35.8 Å². The van der Waals surface area contributed by atoms with Crippen molar-refractivity contribution in [1.29, 1.82) is 0 Å². The van der Waals surface area contributed by atoms with Gasteiger partial charge in [-0.2, -0.15) is 5.10 Å². The number of benzene rings is 2. The minimum absolute atomic E-state index is 0.0971. The number of carbonyl (C=O) groups is 2. The van der Waals surface area contributed by atoms with Gasteiger partial charge in [-0.25, -0.2) is 17.9 Å². The van der Waals surface area contributed by atoms with Crippen molar-refractivity contribution in [1.82, 2.24) is 19.8 Å². The fourth-order valence-corrected chi connectivity index (χ4v) is 5.42. The molecule has 0 spiro atoms. The fraction of sp³-hybridized carbons (Fsp3) is 0.250. The highest BCUT2D eigenvalue weighted by atomic mass is 32.2. The second-order valence-electron chi connectivity index (χ2n) is 9.34. The first kappa shape index (κ1) is 28.2. The first-order valence-electron chi connectivity index (χ1n) is 12.1. The Morgan fingerprint density at radius 3 is 2.49 bits per heavy atom. The van der Waals surface area contributed by atoms with Crippen LogP contribution in [0.4, 0.5) is 0 Å². The van der Waals surface area contributed by atoms with Gasteiger partial charge in [-0.3, -0.25) is 9.48 Å². The van der Waals surface area contributed by atoms with Crippen LogP contribution in [-0.2, 0) is 28.4 Å². The van der Waals surface area contributed by atoms with Crippen LogP contribution < -0.4 is 10.0 Å². The molecule has 4 aromatic rings. The summed E-state index contributed by atoms with van der Waals surface area (Å²) in [6.45, 7) is 3.84. The Hall–Kier alpha value is -3.80. The maximum Gasteiger partial charge on any atom is 0.348 e. The zero-order valence-electron chi connectivity index (χ0n) is 22.3. The van der Waals surface area contributed by atoms with Gasteiger partial charge in [-0.1, -0.05) is 12.1 Å². The molecule has 9 nitrogen and oxygen atoms in total. The first-order valence-corrected chi connectivity index (χ1v) is 14.8. The highest BCUT2D eigenvalue weighted by molar-refractivity contribution is 7.88. The fourth-order valence-electron chi connectivity index (χ4n) is 4.08. The smallest absolute Gasteiger partial charge is 0.348 e. The van der Waals surface area contributed by atoms with Crippen molar-refractivity contribution in [3.05, 3.63) is 88.1 Å². The molecule has 0 saturated heterocycles. The third-order valence-electron chi connectivity index (χ3n) is 6.20. The number of carbonyl (C=O) groups excluding carboxylic acids is 2. The number of sulfonamides is 1. The standard InChI is InChI=1S/C28H30N4O5S2/c1-17-6-7-19(14-30-39(5,35)36)10-24(17)27(33)31-18(2)20-11-21(23-15-29-32(3)16-23)13-22(12-20)25-8-9-26(38-25)28(34)37-4/h6-13,15-16,18,30H,14H2,1-5H3,(H,31,33). The van der Waals surface area contributed by atoms with E-state index in [0.29, 0.717) is 16.0 Å². The van der Waals surface area contributed by atoms with Crippen molar-refractivity contribution < 1.29 is 22.7 Å². The van der Waals surface area contributed by atoms with Crippen LogP contribution in [-0.4, -0.2) is 43.4 Å². The van der Waals surface area contributed by atoms with E-state index in [-0.39, 0.29) is 24.5 Å². The summed E-state index contributed by atoms with van der Waals surface area (Å²) in [6.07, 6.45) is 4.79. The Bertz CT molecular complexity index is 1640. The second-order valence-corrected chi connectivity index (χ2v) is 12.3. The number of ether oxygens (including phenoxy) is 1. The van der Waals surface area contributed by atoms with Crippen LogP contribution >= 0.6 is 11.3 Å². The second kappa shape index (κ2) is 11.5. The summed E-state index contributed by atoms with van der Waals surface area (Å²) in [5.74, 6) is -0.654. The molecule has 0 aliphatic rings. The van der Waals surface area contributed by atoms with Crippen molar-refractivity contribution in [2.45, 2.75) is 26.4 Å². The lowest BCUT2D eigenvalue weighted by Gasteiger charge is -2.18. The molecule has 2 aromatic carbocycles. The van der Waals surface area contributed by atoms with Crippen molar-refractivity contribution >= 4 is 33.2 Å². The molecule has 4 rings (SSSR count). The molecule has 0 saturated carbocycles. The van der Waals surface area contributed by atoms with Crippen molar-refractivity contribution in [2.24, 2.45) is 7.05 Å². The summed E-state index contributed by atoms with van der Waals surface area (Å²) < 4.78 is 32.0. The first-order chi connectivity index (χ1) is 18.4. The van der Waals surface area contributed by atoms with Crippen LogP contribution in [0, 0.1) is 6.92 Å². The average molecular weight is 567 g/mol. The maximum atomic E-state index is 13.3. The summed E-state index contributed by atoms with van der Waals surface area (Å²) in [6, 6.07) is 14.6. The van der Waals surface area contributed by atoms with E-state index < -0.39 is 10.0 Å². The lowest BCUT2D eigenvalue weighted by Crippen LogP contribution is -2.28. The molecule has 2 heterocycles. The van der Waals surface area contributed by atoms with Crippen LogP contribution in [0.25, 0.3) is 21.6 Å². The zero-order chi connectivity index (χ0) is 28.3. The van der Waals surface area contributed by atoms with Gasteiger partial charge < -0.3 is 10.1 Å². The van der Waals surface area contributed by atoms with E-state index >= 15 is 0 Å². The van der Waals surface area contributed by atoms with Crippen molar-refractivity contribution in [3.8, 4) is 21.6 Å². The van der Waals surface area contributed by atoms with Gasteiger partial charge >= 0.3 is 5.97 Å². The number of hydrogen-bond donors (Lipinski definition) is 2. The number of amides is 1. The Balaban J connectivity index is 1.65. The van der Waals surface area contributed by atoms with Crippen molar-refractivity contribution in [2.75, 3.05) is 13.4 Å². The molecule has 1 unspecified atom stereocenters. The van der Waals surface area contributed by atoms with E-state index in [4.69, 9.17) is 4.74 Å². The number of aryl methyl sites for hydroxylation is 2. The molecule has 204 valence electrons. The van der Waals surface area contributed by atoms with Crippen molar-refractivity contribution in [3.63, 3.8) is 0 Å². The molecule has 11 heteroatoms. The minimum Gasteiger partial charge on any atom is -0.465 e. The molecular weight excluding hydrogens is 536 g/mol. The molecule has 0 aliphatic carbocycles. The van der Waals surface area contributed by atoms with Gasteiger partial charge in [0.15, 0.2) is 0 Å². The number of nitrogens with zero attached hydrogens (tertiary/aromatic N) is 2. The molecule has 1 atom stereocenters. The maximum absolute atomic E-state index is 13.3. The number of rotatable bonds is 9. The van der Waals surface area contributed by atoms with E-state index in [1.807, 2.05) is 51.4 Å². The van der Waals surface area contributed by atoms with E-state index in [0.717, 1.165) is 39.0 Å². The summed E-state index contributed by atoms with van der Waals surface area (Å²) in [7, 11) is -0.157. The van der Waals surface area contributed by atoms with Gasteiger partial charge in [0.1, 0.15) is 4.88 Å². The topological polar surface area (TPSA) is 119 Å².